The van der Waals surface area contributed by atoms with Crippen LogP contribution in [0.3, 0.4) is 0 Å². The Morgan fingerprint density at radius 1 is 0.610 bits per heavy atom. The Hall–Kier alpha value is -5.57. The molecule has 0 aliphatic rings. The highest BCUT2D eigenvalue weighted by Crippen LogP contribution is 2.36. The Labute approximate surface area is 228 Å². The van der Waals surface area contributed by atoms with Crippen LogP contribution in [0.5, 0.6) is 11.5 Å². The lowest BCUT2D eigenvalue weighted by atomic mass is 10.2. The van der Waals surface area contributed by atoms with Gasteiger partial charge in [-0.05, 0) is 72.8 Å². The largest absolute Gasteiger partial charge is 0.416 e. The van der Waals surface area contributed by atoms with Gasteiger partial charge >= 0.3 is 23.3 Å². The molecule has 0 heterocycles. The lowest BCUT2D eigenvalue weighted by Gasteiger charge is -2.10. The van der Waals surface area contributed by atoms with E-state index in [0.29, 0.717) is 12.1 Å². The van der Waals surface area contributed by atoms with E-state index in [1.165, 1.54) is 0 Å². The number of hydrogen-bond acceptors (Lipinski definition) is 10. The molecule has 208 valence electrons. The molecule has 0 saturated carbocycles. The lowest BCUT2D eigenvalue weighted by Crippen LogP contribution is -2.11. The highest BCUT2D eigenvalue weighted by atomic mass is 32.2. The Kier molecular flexibility index (Phi) is 7.82. The second-order valence-corrected chi connectivity index (χ2v) is 10.0. The normalized spacial score (nSPS) is 11.0. The number of rotatable bonds is 8. The molecule has 41 heavy (non-hydrogen) atoms. The number of ether oxygens (including phenoxy) is 2. The maximum Gasteiger partial charge on any atom is 0.343 e. The summed E-state index contributed by atoms with van der Waals surface area (Å²) in [5, 5.41) is 23.3. The Balaban J connectivity index is 1.65. The van der Waals surface area contributed by atoms with Crippen LogP contribution >= 0.6 is 0 Å². The minimum atomic E-state index is -4.63. The number of hydrogen-bond donors (Lipinski definition) is 0. The van der Waals surface area contributed by atoms with Crippen molar-refractivity contribution >= 4 is 33.2 Å². The van der Waals surface area contributed by atoms with Gasteiger partial charge in [0.1, 0.15) is 11.6 Å². The highest BCUT2D eigenvalue weighted by molar-refractivity contribution is 7.91. The van der Waals surface area contributed by atoms with Crippen molar-refractivity contribution in [2.24, 2.45) is 0 Å². The van der Waals surface area contributed by atoms with Gasteiger partial charge in [-0.1, -0.05) is 0 Å². The first-order valence-corrected chi connectivity index (χ1v) is 12.6. The zero-order valence-electron chi connectivity index (χ0n) is 20.2. The summed E-state index contributed by atoms with van der Waals surface area (Å²) < 4.78 is 62.7. The van der Waals surface area contributed by atoms with E-state index >= 15 is 0 Å². The number of nitro groups is 2. The first kappa shape index (κ1) is 28.4. The third-order valence-electron chi connectivity index (χ3n) is 5.44. The van der Waals surface area contributed by atoms with Gasteiger partial charge in [0, 0.05) is 12.1 Å². The van der Waals surface area contributed by atoms with E-state index in [1.807, 2.05) is 0 Å². The minimum Gasteiger partial charge on any atom is -0.416 e. The van der Waals surface area contributed by atoms with Crippen molar-refractivity contribution in [3.8, 4) is 11.5 Å². The predicted molar refractivity (Wildman–Crippen MR) is 134 cm³/mol. The molecule has 0 unspecified atom stereocenters. The van der Waals surface area contributed by atoms with Gasteiger partial charge in [-0.3, -0.25) is 20.2 Å². The van der Waals surface area contributed by atoms with Gasteiger partial charge in [0.05, 0.1) is 30.8 Å². The van der Waals surface area contributed by atoms with Crippen molar-refractivity contribution in [3.05, 3.63) is 128 Å². The number of sulfone groups is 1. The lowest BCUT2D eigenvalue weighted by molar-refractivity contribution is -0.385. The highest BCUT2D eigenvalue weighted by Gasteiger charge is 2.29. The Bertz CT molecular complexity index is 1680. The zero-order chi connectivity index (χ0) is 29.9. The number of benzene rings is 4. The quantitative estimate of drug-likeness (QED) is 0.118. The van der Waals surface area contributed by atoms with E-state index in [1.54, 1.807) is 0 Å². The van der Waals surface area contributed by atoms with Crippen molar-refractivity contribution in [2.75, 3.05) is 0 Å². The summed E-state index contributed by atoms with van der Waals surface area (Å²) in [5.41, 5.74) is -2.10. The van der Waals surface area contributed by atoms with Gasteiger partial charge in [0.25, 0.3) is 0 Å². The first-order chi connectivity index (χ1) is 19.4. The minimum absolute atomic E-state index is 0.134. The molecule has 0 aromatic heterocycles. The molecule has 0 bridgehead atoms. The van der Waals surface area contributed by atoms with Gasteiger partial charge in [-0.15, -0.1) is 0 Å². The fourth-order valence-electron chi connectivity index (χ4n) is 3.41. The summed E-state index contributed by atoms with van der Waals surface area (Å²) >= 11 is 0. The molecule has 12 nitrogen and oxygen atoms in total. The average Bonchev–Trinajstić information content (AvgIpc) is 2.93. The molecule has 4 aromatic rings. The third-order valence-corrected chi connectivity index (χ3v) is 7.19. The van der Waals surface area contributed by atoms with E-state index in [0.717, 1.165) is 72.8 Å². The van der Waals surface area contributed by atoms with Gasteiger partial charge in [0.15, 0.2) is 0 Å². The van der Waals surface area contributed by atoms with Gasteiger partial charge < -0.3 is 9.47 Å². The van der Waals surface area contributed by atoms with Crippen LogP contribution in [-0.4, -0.2) is 30.2 Å². The summed E-state index contributed by atoms with van der Waals surface area (Å²) in [5.74, 6) is -4.66. The van der Waals surface area contributed by atoms with E-state index in [4.69, 9.17) is 9.47 Å². The van der Waals surface area contributed by atoms with Crippen molar-refractivity contribution in [1.29, 1.82) is 0 Å². The third kappa shape index (κ3) is 6.20. The van der Waals surface area contributed by atoms with Crippen LogP contribution < -0.4 is 9.47 Å². The monoisotopic (exact) mass is 584 g/mol. The average molecular weight is 584 g/mol. The van der Waals surface area contributed by atoms with Crippen LogP contribution in [0.4, 0.5) is 20.2 Å². The summed E-state index contributed by atoms with van der Waals surface area (Å²) in [4.78, 5) is 44.6. The zero-order valence-corrected chi connectivity index (χ0v) is 21.0. The number of nitrogens with zero attached hydrogens (tertiary/aromatic N) is 2. The summed E-state index contributed by atoms with van der Waals surface area (Å²) in [6.45, 7) is 0. The standard InChI is InChI=1S/C26H14F2N2O10S/c27-17-5-1-15(2-6-17)25(31)39-23-11-9-19(13-21(23)29(33)34)41(37,38)20-10-12-24(22(14-20)30(35)36)40-26(32)16-3-7-18(28)8-4-16/h1-14H. The fourth-order valence-corrected chi connectivity index (χ4v) is 4.71. The molecule has 0 aliphatic carbocycles. The molecule has 0 fully saturated rings. The molecule has 0 N–H and O–H groups in total. The Morgan fingerprint density at radius 3 is 1.27 bits per heavy atom. The van der Waals surface area contributed by atoms with E-state index in [-0.39, 0.29) is 11.1 Å². The van der Waals surface area contributed by atoms with Crippen molar-refractivity contribution in [1.82, 2.24) is 0 Å². The number of carbonyl (C=O) groups is 2. The molecule has 4 rings (SSSR count). The Morgan fingerprint density at radius 2 is 0.951 bits per heavy atom. The number of esters is 2. The summed E-state index contributed by atoms with van der Waals surface area (Å²) in [7, 11) is -4.63. The predicted octanol–water partition coefficient (Wildman–Crippen LogP) is 5.05. The van der Waals surface area contributed by atoms with Gasteiger partial charge in [-0.2, -0.15) is 0 Å². The molecule has 0 saturated heterocycles. The van der Waals surface area contributed by atoms with Crippen LogP contribution in [-0.2, 0) is 9.84 Å². The maximum atomic E-state index is 13.2. The molecule has 0 radical (unpaired) electrons. The number of nitro benzene ring substituents is 2. The molecule has 0 amide bonds. The van der Waals surface area contributed by atoms with Gasteiger partial charge in [0.2, 0.25) is 21.3 Å². The molecule has 0 spiro atoms. The molecule has 4 aromatic carbocycles. The fraction of sp³-hybridized carbons (Fsp3) is 0. The van der Waals surface area contributed by atoms with Crippen LogP contribution in [0, 0.1) is 31.9 Å². The van der Waals surface area contributed by atoms with Crippen LogP contribution in [0.1, 0.15) is 20.7 Å². The van der Waals surface area contributed by atoms with Crippen molar-refractivity contribution < 1.29 is 46.1 Å². The molecular weight excluding hydrogens is 570 g/mol. The van der Waals surface area contributed by atoms with E-state index in [2.05, 4.69) is 0 Å². The van der Waals surface area contributed by atoms with Gasteiger partial charge in [-0.25, -0.2) is 26.8 Å². The topological polar surface area (TPSA) is 173 Å². The van der Waals surface area contributed by atoms with Crippen LogP contribution in [0.25, 0.3) is 0 Å². The maximum absolute atomic E-state index is 13.2. The van der Waals surface area contributed by atoms with E-state index in [9.17, 15) is 47.0 Å². The SMILES string of the molecule is O=C(Oc1ccc(S(=O)(=O)c2ccc(OC(=O)c3ccc(F)cc3)c([N+](=O)[O-])c2)cc1[N+](=O)[O-])c1ccc(F)cc1. The number of halogens is 2. The molecule has 0 aliphatic heterocycles. The number of carbonyl (C=O) groups excluding carboxylic acids is 2. The van der Waals surface area contributed by atoms with Crippen LogP contribution in [0.15, 0.2) is 94.7 Å². The van der Waals surface area contributed by atoms with Crippen molar-refractivity contribution in [2.45, 2.75) is 9.79 Å². The van der Waals surface area contributed by atoms with Crippen molar-refractivity contribution in [3.63, 3.8) is 0 Å². The second kappa shape index (κ2) is 11.3. The smallest absolute Gasteiger partial charge is 0.343 e. The first-order valence-electron chi connectivity index (χ1n) is 11.1. The molecular formula is C26H14F2N2O10S. The molecule has 15 heteroatoms. The van der Waals surface area contributed by atoms with E-state index < -0.39 is 75.9 Å². The second-order valence-electron chi connectivity index (χ2n) is 8.07. The summed E-state index contributed by atoms with van der Waals surface area (Å²) in [6, 6.07) is 12.8. The summed E-state index contributed by atoms with van der Waals surface area (Å²) in [6.07, 6.45) is 0. The molecule has 0 atom stereocenters. The van der Waals surface area contributed by atoms with Crippen LogP contribution in [0.2, 0.25) is 0 Å².